The van der Waals surface area contributed by atoms with Crippen LogP contribution < -0.4 is 5.32 Å². The Morgan fingerprint density at radius 2 is 1.70 bits per heavy atom. The zero-order valence-corrected chi connectivity index (χ0v) is 11.9. The number of para-hydroxylation sites is 1. The van der Waals surface area contributed by atoms with Crippen LogP contribution in [-0.4, -0.2) is 24.5 Å². The number of anilines is 1. The fourth-order valence-electron chi connectivity index (χ4n) is 3.38. The number of rotatable bonds is 4. The van der Waals surface area contributed by atoms with Crippen LogP contribution in [0.1, 0.15) is 32.1 Å². The van der Waals surface area contributed by atoms with Crippen molar-refractivity contribution < 1.29 is 9.47 Å². The summed E-state index contributed by atoms with van der Waals surface area (Å²) in [6.07, 6.45) is 7.01. The third-order valence-electron chi connectivity index (χ3n) is 4.50. The van der Waals surface area contributed by atoms with Crippen LogP contribution in [0.5, 0.6) is 0 Å². The Morgan fingerprint density at radius 3 is 2.30 bits per heavy atom. The number of nitrogens with one attached hydrogen (secondary N) is 1. The lowest BCUT2D eigenvalue weighted by Crippen LogP contribution is -2.47. The van der Waals surface area contributed by atoms with E-state index in [0.717, 1.165) is 45.3 Å². The fourth-order valence-corrected chi connectivity index (χ4v) is 3.38. The van der Waals surface area contributed by atoms with Crippen molar-refractivity contribution in [2.75, 3.05) is 18.5 Å². The van der Waals surface area contributed by atoms with Crippen LogP contribution in [0.3, 0.4) is 0 Å². The van der Waals surface area contributed by atoms with Gasteiger partial charge in [0.15, 0.2) is 5.79 Å². The Morgan fingerprint density at radius 1 is 1.05 bits per heavy atom. The molecule has 1 saturated carbocycles. The number of ether oxygens (including phenoxy) is 2. The Kier molecular flexibility index (Phi) is 3.81. The minimum atomic E-state index is -0.303. The summed E-state index contributed by atoms with van der Waals surface area (Å²) in [6.45, 7) is 5.40. The van der Waals surface area contributed by atoms with Crippen LogP contribution in [0, 0.1) is 0 Å². The summed E-state index contributed by atoms with van der Waals surface area (Å²) in [5.41, 5.74) is 1.27. The summed E-state index contributed by atoms with van der Waals surface area (Å²) in [5.74, 6) is -0.303. The molecule has 1 saturated heterocycles. The quantitative estimate of drug-likeness (QED) is 0.848. The molecule has 108 valence electrons. The van der Waals surface area contributed by atoms with E-state index in [1.165, 1.54) is 5.69 Å². The Bertz CT molecular complexity index is 441. The fraction of sp³-hybridized carbons (Fsp3) is 0.529. The first-order valence-electron chi connectivity index (χ1n) is 7.48. The molecule has 1 heterocycles. The predicted molar refractivity (Wildman–Crippen MR) is 80.7 cm³/mol. The third-order valence-corrected chi connectivity index (χ3v) is 4.50. The lowest BCUT2D eigenvalue weighted by molar-refractivity contribution is -0.183. The lowest BCUT2D eigenvalue weighted by Gasteiger charge is -2.44. The molecule has 1 aliphatic carbocycles. The van der Waals surface area contributed by atoms with Gasteiger partial charge in [-0.05, 0) is 31.4 Å². The predicted octanol–water partition coefficient (Wildman–Crippen LogP) is 3.73. The van der Waals surface area contributed by atoms with Gasteiger partial charge in [-0.1, -0.05) is 24.3 Å². The standard InChI is InChI=1S/C17H23NO2/c1-2-8-16(18-15-6-4-3-5-7-15)9-11-17(12-10-16)19-13-14-20-17/h2-7,18H,1,8-14H2. The Balaban J connectivity index is 1.71. The van der Waals surface area contributed by atoms with Crippen molar-refractivity contribution in [3.8, 4) is 0 Å². The van der Waals surface area contributed by atoms with Gasteiger partial charge >= 0.3 is 0 Å². The van der Waals surface area contributed by atoms with Gasteiger partial charge in [0.1, 0.15) is 0 Å². The van der Waals surface area contributed by atoms with Gasteiger partial charge in [-0.25, -0.2) is 0 Å². The second-order valence-electron chi connectivity index (χ2n) is 5.87. The summed E-state index contributed by atoms with van der Waals surface area (Å²) in [7, 11) is 0. The molecule has 20 heavy (non-hydrogen) atoms. The van der Waals surface area contributed by atoms with Gasteiger partial charge in [-0.2, -0.15) is 0 Å². The molecule has 1 N–H and O–H groups in total. The highest BCUT2D eigenvalue weighted by molar-refractivity contribution is 5.45. The number of benzene rings is 1. The molecule has 1 aromatic carbocycles. The second kappa shape index (κ2) is 5.58. The number of hydrogen-bond acceptors (Lipinski definition) is 3. The zero-order valence-electron chi connectivity index (χ0n) is 11.9. The van der Waals surface area contributed by atoms with E-state index in [4.69, 9.17) is 9.47 Å². The average molecular weight is 273 g/mol. The SMILES string of the molecule is C=CCC1(Nc2ccccc2)CCC2(CC1)OCCO2. The van der Waals surface area contributed by atoms with Crippen molar-refractivity contribution in [1.82, 2.24) is 0 Å². The van der Waals surface area contributed by atoms with E-state index >= 15 is 0 Å². The van der Waals surface area contributed by atoms with Gasteiger partial charge in [0, 0.05) is 24.1 Å². The van der Waals surface area contributed by atoms with Crippen LogP contribution in [-0.2, 0) is 9.47 Å². The van der Waals surface area contributed by atoms with Crippen LogP contribution in [0.15, 0.2) is 43.0 Å². The van der Waals surface area contributed by atoms with Gasteiger partial charge in [-0.3, -0.25) is 0 Å². The molecule has 2 fully saturated rings. The summed E-state index contributed by atoms with van der Waals surface area (Å²) in [4.78, 5) is 0. The molecule has 3 nitrogen and oxygen atoms in total. The van der Waals surface area contributed by atoms with Gasteiger partial charge in [0.05, 0.1) is 13.2 Å². The highest BCUT2D eigenvalue weighted by Gasteiger charge is 2.45. The Hall–Kier alpha value is -1.32. The molecular formula is C17H23NO2. The molecule has 0 unspecified atom stereocenters. The maximum atomic E-state index is 5.83. The van der Waals surface area contributed by atoms with Crippen molar-refractivity contribution in [1.29, 1.82) is 0 Å². The van der Waals surface area contributed by atoms with Crippen molar-refractivity contribution in [2.24, 2.45) is 0 Å². The first kappa shape index (κ1) is 13.7. The summed E-state index contributed by atoms with van der Waals surface area (Å²) >= 11 is 0. The summed E-state index contributed by atoms with van der Waals surface area (Å²) in [6, 6.07) is 10.4. The molecule has 3 heteroatoms. The molecule has 0 radical (unpaired) electrons. The van der Waals surface area contributed by atoms with Gasteiger partial charge in [0.2, 0.25) is 0 Å². The lowest BCUT2D eigenvalue weighted by atomic mass is 9.76. The molecule has 1 aliphatic heterocycles. The monoisotopic (exact) mass is 273 g/mol. The maximum Gasteiger partial charge on any atom is 0.168 e. The van der Waals surface area contributed by atoms with E-state index in [1.54, 1.807) is 0 Å². The minimum absolute atomic E-state index is 0.0870. The normalized spacial score (nSPS) is 23.6. The molecule has 0 bridgehead atoms. The highest BCUT2D eigenvalue weighted by Crippen LogP contribution is 2.43. The van der Waals surface area contributed by atoms with Gasteiger partial charge in [-0.15, -0.1) is 6.58 Å². The maximum absolute atomic E-state index is 5.83. The summed E-state index contributed by atoms with van der Waals surface area (Å²) in [5, 5.41) is 3.72. The molecule has 0 amide bonds. The first-order chi connectivity index (χ1) is 9.76. The molecule has 0 atom stereocenters. The summed E-state index contributed by atoms with van der Waals surface area (Å²) < 4.78 is 11.7. The van der Waals surface area contributed by atoms with Crippen LogP contribution >= 0.6 is 0 Å². The molecule has 2 aliphatic rings. The smallest absolute Gasteiger partial charge is 0.168 e. The van der Waals surface area contributed by atoms with E-state index in [9.17, 15) is 0 Å². The molecule has 0 aromatic heterocycles. The topological polar surface area (TPSA) is 30.5 Å². The van der Waals surface area contributed by atoms with E-state index in [1.807, 2.05) is 12.1 Å². The Labute approximate surface area is 121 Å². The largest absolute Gasteiger partial charge is 0.379 e. The highest BCUT2D eigenvalue weighted by atomic mass is 16.7. The van der Waals surface area contributed by atoms with Crippen molar-refractivity contribution in [2.45, 2.75) is 43.4 Å². The van der Waals surface area contributed by atoms with Crippen molar-refractivity contribution >= 4 is 5.69 Å². The molecule has 3 rings (SSSR count). The van der Waals surface area contributed by atoms with E-state index in [2.05, 4.69) is 36.2 Å². The van der Waals surface area contributed by atoms with E-state index in [0.29, 0.717) is 0 Å². The molecular weight excluding hydrogens is 250 g/mol. The van der Waals surface area contributed by atoms with E-state index in [-0.39, 0.29) is 11.3 Å². The third kappa shape index (κ3) is 2.74. The van der Waals surface area contributed by atoms with E-state index < -0.39 is 0 Å². The van der Waals surface area contributed by atoms with Crippen LogP contribution in [0.4, 0.5) is 5.69 Å². The van der Waals surface area contributed by atoms with Crippen molar-refractivity contribution in [3.63, 3.8) is 0 Å². The average Bonchev–Trinajstić information content (AvgIpc) is 2.93. The minimum Gasteiger partial charge on any atom is -0.379 e. The van der Waals surface area contributed by atoms with Gasteiger partial charge < -0.3 is 14.8 Å². The number of hydrogen-bond donors (Lipinski definition) is 1. The molecule has 1 aromatic rings. The van der Waals surface area contributed by atoms with Crippen LogP contribution in [0.2, 0.25) is 0 Å². The first-order valence-corrected chi connectivity index (χ1v) is 7.48. The van der Waals surface area contributed by atoms with Crippen molar-refractivity contribution in [3.05, 3.63) is 43.0 Å². The van der Waals surface area contributed by atoms with Gasteiger partial charge in [0.25, 0.3) is 0 Å². The van der Waals surface area contributed by atoms with Crippen LogP contribution in [0.25, 0.3) is 0 Å². The second-order valence-corrected chi connectivity index (χ2v) is 5.87. The molecule has 1 spiro atoms. The zero-order chi connectivity index (χ0) is 13.9.